The number of nitrogens with zero attached hydrogens (tertiary/aromatic N) is 1. The van der Waals surface area contributed by atoms with E-state index < -0.39 is 17.8 Å². The molecule has 0 fully saturated rings. The number of carbonyl (C=O) groups is 1. The summed E-state index contributed by atoms with van der Waals surface area (Å²) in [4.78, 5) is 42.5. The van der Waals surface area contributed by atoms with Gasteiger partial charge in [-0.1, -0.05) is 30.3 Å². The van der Waals surface area contributed by atoms with Crippen LogP contribution in [0.1, 0.15) is 24.0 Å². The van der Waals surface area contributed by atoms with Gasteiger partial charge in [0.2, 0.25) is 10.9 Å². The molecule has 0 aliphatic carbocycles. The maximum Gasteiger partial charge on any atom is 0.327 e. The molecule has 258 valence electrons. The van der Waals surface area contributed by atoms with Crippen molar-refractivity contribution >= 4 is 27.9 Å². The van der Waals surface area contributed by atoms with Crippen molar-refractivity contribution in [3.8, 4) is 45.6 Å². The molecule has 10 nitrogen and oxygen atoms in total. The fourth-order valence-corrected chi connectivity index (χ4v) is 6.19. The monoisotopic (exact) mass is 685 g/mol. The summed E-state index contributed by atoms with van der Waals surface area (Å²) < 4.78 is 34.4. The second-order valence-electron chi connectivity index (χ2n) is 12.0. The third kappa shape index (κ3) is 6.54. The smallest absolute Gasteiger partial charge is 0.327 e. The lowest BCUT2D eigenvalue weighted by Crippen LogP contribution is -2.37. The molecular weight excluding hydrogens is 650 g/mol. The van der Waals surface area contributed by atoms with Crippen LogP contribution in [0.5, 0.6) is 17.2 Å². The topological polar surface area (TPSA) is 138 Å². The first-order valence-electron chi connectivity index (χ1n) is 16.2. The van der Waals surface area contributed by atoms with Crippen LogP contribution in [0, 0.1) is 23.7 Å². The van der Waals surface area contributed by atoms with Gasteiger partial charge in [0.25, 0.3) is 0 Å². The standard InChI is InChI=1S/C41H35NO9/c1-6-49-40(45)41(23-42,21-34-36(25-8-12-27(46-3)13-9-25)38(43)30-17-7-24(2)19-32(30)50-34)22-35-37(26-10-14-28(47-4)15-11-26)39(44)31-18-16-29(48-5)20-33(31)51-35/h7-20H,6,21-22H2,1-5H3. The van der Waals surface area contributed by atoms with Crippen molar-refractivity contribution in [1.29, 1.82) is 5.26 Å². The third-order valence-corrected chi connectivity index (χ3v) is 8.86. The molecule has 6 rings (SSSR count). The van der Waals surface area contributed by atoms with E-state index in [0.29, 0.717) is 39.3 Å². The van der Waals surface area contributed by atoms with Crippen molar-refractivity contribution in [1.82, 2.24) is 0 Å². The molecule has 0 N–H and O–H groups in total. The molecule has 10 heteroatoms. The number of nitriles is 1. The number of rotatable bonds is 11. The fraction of sp³-hybridized carbons (Fsp3) is 0.220. The predicted molar refractivity (Wildman–Crippen MR) is 192 cm³/mol. The van der Waals surface area contributed by atoms with E-state index in [0.717, 1.165) is 5.56 Å². The Morgan fingerprint density at radius 1 is 0.686 bits per heavy atom. The summed E-state index contributed by atoms with van der Waals surface area (Å²) in [5.74, 6) is 0.880. The van der Waals surface area contributed by atoms with E-state index >= 15 is 0 Å². The van der Waals surface area contributed by atoms with Crippen molar-refractivity contribution < 1.29 is 32.6 Å². The van der Waals surface area contributed by atoms with Crippen LogP contribution in [-0.2, 0) is 22.4 Å². The van der Waals surface area contributed by atoms with E-state index in [-0.39, 0.29) is 57.5 Å². The Hall–Kier alpha value is -6.34. The first-order valence-corrected chi connectivity index (χ1v) is 16.2. The average Bonchev–Trinajstić information content (AvgIpc) is 3.14. The number of carbonyl (C=O) groups excluding carboxylic acids is 1. The van der Waals surface area contributed by atoms with E-state index in [4.69, 9.17) is 27.8 Å². The van der Waals surface area contributed by atoms with Gasteiger partial charge in [0.15, 0.2) is 5.41 Å². The van der Waals surface area contributed by atoms with Crippen molar-refractivity contribution in [2.45, 2.75) is 26.7 Å². The van der Waals surface area contributed by atoms with Gasteiger partial charge in [-0.2, -0.15) is 5.26 Å². The highest BCUT2D eigenvalue weighted by Gasteiger charge is 2.45. The normalized spacial score (nSPS) is 12.2. The van der Waals surface area contributed by atoms with Crippen LogP contribution in [0.3, 0.4) is 0 Å². The highest BCUT2D eigenvalue weighted by Crippen LogP contribution is 2.38. The molecule has 0 bridgehead atoms. The number of hydrogen-bond acceptors (Lipinski definition) is 10. The summed E-state index contributed by atoms with van der Waals surface area (Å²) in [5.41, 5.74) is -0.0575. The maximum absolute atomic E-state index is 14.2. The van der Waals surface area contributed by atoms with E-state index in [1.165, 1.54) is 21.3 Å². The number of hydrogen-bond donors (Lipinski definition) is 0. The van der Waals surface area contributed by atoms with Gasteiger partial charge in [-0.05, 0) is 79.1 Å². The van der Waals surface area contributed by atoms with Crippen molar-refractivity contribution in [3.63, 3.8) is 0 Å². The molecule has 0 aliphatic rings. The zero-order valence-electron chi connectivity index (χ0n) is 28.8. The molecule has 6 aromatic rings. The Labute approximate surface area is 293 Å². The quantitative estimate of drug-likeness (QED) is 0.127. The lowest BCUT2D eigenvalue weighted by Gasteiger charge is -2.25. The Kier molecular flexibility index (Phi) is 9.65. The van der Waals surface area contributed by atoms with Crippen LogP contribution >= 0.6 is 0 Å². The molecular formula is C41H35NO9. The minimum Gasteiger partial charge on any atom is -0.497 e. The van der Waals surface area contributed by atoms with Gasteiger partial charge in [-0.15, -0.1) is 0 Å². The lowest BCUT2D eigenvalue weighted by atomic mass is 9.78. The van der Waals surface area contributed by atoms with Gasteiger partial charge in [-0.3, -0.25) is 14.4 Å². The van der Waals surface area contributed by atoms with Gasteiger partial charge in [-0.25, -0.2) is 0 Å². The van der Waals surface area contributed by atoms with Crippen molar-refractivity contribution in [3.05, 3.63) is 122 Å². The molecule has 2 heterocycles. The molecule has 0 aliphatic heterocycles. The average molecular weight is 686 g/mol. The summed E-state index contributed by atoms with van der Waals surface area (Å²) >= 11 is 0. The minimum atomic E-state index is -2.02. The highest BCUT2D eigenvalue weighted by molar-refractivity contribution is 5.87. The molecule has 0 saturated carbocycles. The SMILES string of the molecule is CCOC(=O)C(C#N)(Cc1oc2cc(C)ccc2c(=O)c1-c1ccc(OC)cc1)Cc1oc2cc(OC)ccc2c(=O)c1-c1ccc(OC)cc1. The number of aryl methyl sites for hydroxylation is 1. The maximum atomic E-state index is 14.2. The first-order chi connectivity index (χ1) is 24.6. The van der Waals surface area contributed by atoms with E-state index in [1.807, 2.05) is 13.0 Å². The van der Waals surface area contributed by atoms with Crippen LogP contribution < -0.4 is 25.1 Å². The lowest BCUT2D eigenvalue weighted by molar-refractivity contribution is -0.152. The zero-order valence-corrected chi connectivity index (χ0v) is 28.8. The molecule has 1 unspecified atom stereocenters. The van der Waals surface area contributed by atoms with Crippen LogP contribution in [0.2, 0.25) is 0 Å². The Morgan fingerprint density at radius 2 is 1.14 bits per heavy atom. The minimum absolute atomic E-state index is 0.0291. The van der Waals surface area contributed by atoms with E-state index in [9.17, 15) is 19.6 Å². The largest absolute Gasteiger partial charge is 0.497 e. The van der Waals surface area contributed by atoms with E-state index in [2.05, 4.69) is 6.07 Å². The molecule has 1 atom stereocenters. The van der Waals surface area contributed by atoms with Gasteiger partial charge >= 0.3 is 5.97 Å². The number of fused-ring (bicyclic) bond motifs is 2. The third-order valence-electron chi connectivity index (χ3n) is 8.86. The van der Waals surface area contributed by atoms with Crippen molar-refractivity contribution in [2.24, 2.45) is 5.41 Å². The van der Waals surface area contributed by atoms with Gasteiger partial charge in [0, 0.05) is 18.9 Å². The summed E-state index contributed by atoms with van der Waals surface area (Å²) in [6, 6.07) is 25.9. The van der Waals surface area contributed by atoms with Gasteiger partial charge in [0.05, 0.1) is 55.9 Å². The van der Waals surface area contributed by atoms with E-state index in [1.54, 1.807) is 85.8 Å². The molecule has 0 amide bonds. The zero-order chi connectivity index (χ0) is 36.3. The number of esters is 1. The first kappa shape index (κ1) is 34.5. The number of ether oxygens (including phenoxy) is 4. The summed E-state index contributed by atoms with van der Waals surface area (Å²) in [6.45, 7) is 3.47. The summed E-state index contributed by atoms with van der Waals surface area (Å²) in [5, 5.41) is 11.6. The van der Waals surface area contributed by atoms with Crippen LogP contribution in [0.15, 0.2) is 103 Å². The summed E-state index contributed by atoms with van der Waals surface area (Å²) in [6.07, 6.45) is -0.783. The molecule has 4 aromatic carbocycles. The number of methoxy groups -OCH3 is 3. The van der Waals surface area contributed by atoms with Gasteiger partial charge < -0.3 is 27.8 Å². The Morgan fingerprint density at radius 3 is 1.59 bits per heavy atom. The molecule has 51 heavy (non-hydrogen) atoms. The summed E-state index contributed by atoms with van der Waals surface area (Å²) in [7, 11) is 4.56. The fourth-order valence-electron chi connectivity index (χ4n) is 6.19. The van der Waals surface area contributed by atoms with Crippen molar-refractivity contribution in [2.75, 3.05) is 27.9 Å². The van der Waals surface area contributed by atoms with Crippen LogP contribution in [-0.4, -0.2) is 33.9 Å². The molecule has 0 saturated heterocycles. The van der Waals surface area contributed by atoms with Crippen LogP contribution in [0.25, 0.3) is 44.2 Å². The van der Waals surface area contributed by atoms with Crippen LogP contribution in [0.4, 0.5) is 0 Å². The molecule has 2 aromatic heterocycles. The molecule has 0 spiro atoms. The Balaban J connectivity index is 1.61. The number of benzene rings is 4. The predicted octanol–water partition coefficient (Wildman–Crippen LogP) is 7.43. The second-order valence-corrected chi connectivity index (χ2v) is 12.0. The van der Waals surface area contributed by atoms with Gasteiger partial charge in [0.1, 0.15) is 39.9 Å². The molecule has 0 radical (unpaired) electrons. The second kappa shape index (κ2) is 14.3. The Bertz CT molecular complexity index is 2420. The highest BCUT2D eigenvalue weighted by atomic mass is 16.5.